The number of benzene rings is 1. The Balaban J connectivity index is 1.53. The predicted octanol–water partition coefficient (Wildman–Crippen LogP) is 1.63. The van der Waals surface area contributed by atoms with Crippen LogP contribution >= 0.6 is 0 Å². The molecular formula is C24H33N3O7S. The minimum absolute atomic E-state index is 0.0712. The lowest BCUT2D eigenvalue weighted by Crippen LogP contribution is -2.49. The summed E-state index contributed by atoms with van der Waals surface area (Å²) in [4.78, 5) is 40.9. The van der Waals surface area contributed by atoms with Gasteiger partial charge in [0.1, 0.15) is 12.3 Å². The van der Waals surface area contributed by atoms with Crippen molar-refractivity contribution in [2.24, 2.45) is 11.8 Å². The van der Waals surface area contributed by atoms with Crippen molar-refractivity contribution in [2.45, 2.75) is 44.4 Å². The Bertz CT molecular complexity index is 1080. The molecule has 3 heterocycles. The molecule has 2 fully saturated rings. The van der Waals surface area contributed by atoms with Crippen LogP contribution in [0.5, 0.6) is 5.75 Å². The second-order valence-corrected chi connectivity index (χ2v) is 11.4. The summed E-state index contributed by atoms with van der Waals surface area (Å²) in [5.41, 5.74) is 0.264. The number of nitrogens with zero attached hydrogens (tertiary/aromatic N) is 3. The average Bonchev–Trinajstić information content (AvgIpc) is 2.86. The number of carbonyl (C=O) groups is 3. The van der Waals surface area contributed by atoms with E-state index in [2.05, 4.69) is 6.92 Å². The topological polar surface area (TPSA) is 114 Å². The molecule has 1 aromatic carbocycles. The van der Waals surface area contributed by atoms with Crippen molar-refractivity contribution in [1.82, 2.24) is 9.21 Å². The van der Waals surface area contributed by atoms with Gasteiger partial charge in [-0.25, -0.2) is 8.42 Å². The van der Waals surface area contributed by atoms with Gasteiger partial charge in [-0.3, -0.25) is 19.3 Å². The van der Waals surface area contributed by atoms with E-state index >= 15 is 0 Å². The quantitative estimate of drug-likeness (QED) is 0.538. The largest absolute Gasteiger partial charge is 0.482 e. The first-order valence-corrected chi connectivity index (χ1v) is 13.7. The molecule has 4 rings (SSSR count). The van der Waals surface area contributed by atoms with Crippen molar-refractivity contribution >= 4 is 33.5 Å². The van der Waals surface area contributed by atoms with E-state index in [4.69, 9.17) is 9.47 Å². The van der Waals surface area contributed by atoms with E-state index in [-0.39, 0.29) is 54.7 Å². The summed E-state index contributed by atoms with van der Waals surface area (Å²) in [7, 11) is -3.74. The Hall–Kier alpha value is -2.66. The fourth-order valence-corrected chi connectivity index (χ4v) is 6.27. The van der Waals surface area contributed by atoms with Gasteiger partial charge in [0.25, 0.3) is 5.91 Å². The molecule has 1 atom stereocenters. The van der Waals surface area contributed by atoms with Crippen LogP contribution in [0.3, 0.4) is 0 Å². The molecule has 2 saturated heterocycles. The zero-order chi connectivity index (χ0) is 25.2. The van der Waals surface area contributed by atoms with Gasteiger partial charge in [-0.1, -0.05) is 6.92 Å². The molecule has 0 radical (unpaired) electrons. The molecule has 3 aliphatic heterocycles. The van der Waals surface area contributed by atoms with Crippen LogP contribution in [0.15, 0.2) is 23.1 Å². The molecule has 0 bridgehead atoms. The highest BCUT2D eigenvalue weighted by atomic mass is 32.2. The summed E-state index contributed by atoms with van der Waals surface area (Å²) >= 11 is 0. The Morgan fingerprint density at radius 1 is 1.14 bits per heavy atom. The number of likely N-dealkylation sites (tertiary alicyclic amines) is 1. The van der Waals surface area contributed by atoms with Gasteiger partial charge in [-0.2, -0.15) is 4.31 Å². The molecule has 2 amide bonds. The van der Waals surface area contributed by atoms with Gasteiger partial charge in [0.2, 0.25) is 15.9 Å². The molecule has 10 nitrogen and oxygen atoms in total. The van der Waals surface area contributed by atoms with E-state index in [1.165, 1.54) is 27.4 Å². The van der Waals surface area contributed by atoms with Crippen LogP contribution in [0.25, 0.3) is 0 Å². The third kappa shape index (κ3) is 5.45. The Morgan fingerprint density at radius 2 is 1.89 bits per heavy atom. The Labute approximate surface area is 206 Å². The van der Waals surface area contributed by atoms with Gasteiger partial charge in [-0.05, 0) is 56.7 Å². The lowest BCUT2D eigenvalue weighted by molar-refractivity contribution is -0.151. The molecule has 0 spiro atoms. The van der Waals surface area contributed by atoms with Gasteiger partial charge >= 0.3 is 5.97 Å². The first kappa shape index (κ1) is 25.4. The van der Waals surface area contributed by atoms with Crippen LogP contribution in [0, 0.1) is 11.8 Å². The lowest BCUT2D eigenvalue weighted by atomic mass is 9.98. The second kappa shape index (κ2) is 10.5. The molecule has 192 valence electrons. The van der Waals surface area contributed by atoms with Gasteiger partial charge in [0, 0.05) is 26.2 Å². The third-order valence-corrected chi connectivity index (χ3v) is 8.84. The Kier molecular flexibility index (Phi) is 7.65. The number of hydrogen-bond acceptors (Lipinski definition) is 7. The molecule has 1 aromatic rings. The fraction of sp³-hybridized carbons (Fsp3) is 0.625. The zero-order valence-electron chi connectivity index (χ0n) is 20.3. The molecule has 0 unspecified atom stereocenters. The smallest absolute Gasteiger partial charge is 0.310 e. The fourth-order valence-electron chi connectivity index (χ4n) is 4.78. The zero-order valence-corrected chi connectivity index (χ0v) is 21.1. The first-order valence-electron chi connectivity index (χ1n) is 12.2. The van der Waals surface area contributed by atoms with E-state index in [0.717, 1.165) is 12.8 Å². The second-order valence-electron chi connectivity index (χ2n) is 9.42. The minimum atomic E-state index is -3.74. The normalized spacial score (nSPS) is 21.9. The van der Waals surface area contributed by atoms with E-state index in [1.54, 1.807) is 11.8 Å². The van der Waals surface area contributed by atoms with E-state index in [0.29, 0.717) is 44.1 Å². The number of ether oxygens (including phenoxy) is 2. The summed E-state index contributed by atoms with van der Waals surface area (Å²) < 4.78 is 38.6. The first-order chi connectivity index (χ1) is 16.7. The van der Waals surface area contributed by atoms with E-state index < -0.39 is 15.9 Å². The summed E-state index contributed by atoms with van der Waals surface area (Å²) in [6.07, 6.45) is 2.92. The van der Waals surface area contributed by atoms with Gasteiger partial charge < -0.3 is 14.4 Å². The maximum absolute atomic E-state index is 13.3. The van der Waals surface area contributed by atoms with Crippen molar-refractivity contribution in [3.05, 3.63) is 18.2 Å². The third-order valence-electron chi connectivity index (χ3n) is 6.94. The number of hydrogen-bond donors (Lipinski definition) is 0. The number of piperidine rings is 2. The molecular weight excluding hydrogens is 474 g/mol. The maximum Gasteiger partial charge on any atom is 0.310 e. The Morgan fingerprint density at radius 3 is 2.60 bits per heavy atom. The van der Waals surface area contributed by atoms with Crippen molar-refractivity contribution in [1.29, 1.82) is 0 Å². The van der Waals surface area contributed by atoms with Crippen LogP contribution in [-0.4, -0.2) is 81.3 Å². The number of fused-ring (bicyclic) bond motifs is 1. The number of esters is 1. The number of carbonyl (C=O) groups excluding carboxylic acids is 3. The molecule has 0 saturated carbocycles. The van der Waals surface area contributed by atoms with Crippen LogP contribution in [0.4, 0.5) is 5.69 Å². The van der Waals surface area contributed by atoms with Crippen molar-refractivity contribution in [3.63, 3.8) is 0 Å². The standard InChI is InChI=1S/C24H33N3O7S/c1-3-33-24(30)18-5-4-10-25(14-18)22(28)15-27-20-13-19(6-7-21(20)34-16-23(27)29)35(31,32)26-11-8-17(2)9-12-26/h6-7,13,17-18H,3-5,8-12,14-16H2,1-2H3/t18-/m0/s1. The summed E-state index contributed by atoms with van der Waals surface area (Å²) in [5, 5.41) is 0. The van der Waals surface area contributed by atoms with Gasteiger partial charge in [0.15, 0.2) is 6.61 Å². The van der Waals surface area contributed by atoms with Crippen LogP contribution < -0.4 is 9.64 Å². The molecule has 11 heteroatoms. The highest BCUT2D eigenvalue weighted by molar-refractivity contribution is 7.89. The van der Waals surface area contributed by atoms with Crippen molar-refractivity contribution < 1.29 is 32.3 Å². The maximum atomic E-state index is 13.3. The van der Waals surface area contributed by atoms with Crippen molar-refractivity contribution in [3.8, 4) is 5.75 Å². The summed E-state index contributed by atoms with van der Waals surface area (Å²) in [6.45, 7) is 5.28. The number of amides is 2. The van der Waals surface area contributed by atoms with Crippen LogP contribution in [0.1, 0.15) is 39.5 Å². The summed E-state index contributed by atoms with van der Waals surface area (Å²) in [5.74, 6) is -0.601. The lowest BCUT2D eigenvalue weighted by Gasteiger charge is -2.35. The highest BCUT2D eigenvalue weighted by Crippen LogP contribution is 2.36. The summed E-state index contributed by atoms with van der Waals surface area (Å²) in [6, 6.07) is 4.44. The van der Waals surface area contributed by atoms with E-state index in [1.807, 2.05) is 0 Å². The van der Waals surface area contributed by atoms with Crippen LogP contribution in [0.2, 0.25) is 0 Å². The van der Waals surface area contributed by atoms with E-state index in [9.17, 15) is 22.8 Å². The minimum Gasteiger partial charge on any atom is -0.482 e. The number of anilines is 1. The molecule has 3 aliphatic rings. The monoisotopic (exact) mass is 507 g/mol. The predicted molar refractivity (Wildman–Crippen MR) is 127 cm³/mol. The highest BCUT2D eigenvalue weighted by Gasteiger charge is 2.35. The number of sulfonamides is 1. The van der Waals surface area contributed by atoms with Gasteiger partial charge in [-0.15, -0.1) is 0 Å². The molecule has 0 aromatic heterocycles. The van der Waals surface area contributed by atoms with Crippen LogP contribution in [-0.2, 0) is 29.1 Å². The number of rotatable bonds is 6. The molecule has 0 aliphatic carbocycles. The SMILES string of the molecule is CCOC(=O)[C@H]1CCCN(C(=O)CN2C(=O)COc3ccc(S(=O)(=O)N4CCC(C)CC4)cc32)C1. The molecule has 35 heavy (non-hydrogen) atoms. The van der Waals surface area contributed by atoms with Gasteiger partial charge in [0.05, 0.1) is 23.1 Å². The van der Waals surface area contributed by atoms with Crippen molar-refractivity contribution in [2.75, 3.05) is 50.8 Å². The molecule has 0 N–H and O–H groups in total. The average molecular weight is 508 g/mol.